The molecule has 1 atom stereocenters. The molecule has 0 bridgehead atoms. The molecular formula is C14H19F2NO2S. The van der Waals surface area contributed by atoms with Crippen LogP contribution in [0.15, 0.2) is 28.7 Å². The van der Waals surface area contributed by atoms with Crippen LogP contribution in [0.1, 0.15) is 38.8 Å². The second kappa shape index (κ2) is 6.20. The lowest BCUT2D eigenvalue weighted by Gasteiger charge is -2.19. The lowest BCUT2D eigenvalue weighted by Crippen LogP contribution is -2.26. The quantitative estimate of drug-likeness (QED) is 0.686. The first kappa shape index (κ1) is 17.1. The number of aliphatic hydroxyl groups is 1. The molecule has 0 aliphatic heterocycles. The van der Waals surface area contributed by atoms with E-state index < -0.39 is 28.6 Å². The average Bonchev–Trinajstić information content (AvgIpc) is 2.37. The van der Waals surface area contributed by atoms with Gasteiger partial charge >= 0.3 is 0 Å². The second-order valence-electron chi connectivity index (χ2n) is 5.48. The SMILES string of the molecule is CC(=N[S+]([O-])C(C)(C)C)c1cccc(C(F)(F)CO)c1. The lowest BCUT2D eigenvalue weighted by molar-refractivity contribution is -0.0556. The van der Waals surface area contributed by atoms with Gasteiger partial charge in [0.25, 0.3) is 5.92 Å². The van der Waals surface area contributed by atoms with Crippen LogP contribution in [0.4, 0.5) is 8.78 Å². The molecule has 20 heavy (non-hydrogen) atoms. The first-order valence-corrected chi connectivity index (χ1v) is 7.25. The van der Waals surface area contributed by atoms with E-state index in [1.165, 1.54) is 18.2 Å². The standard InChI is InChI=1S/C14H19F2NO2S/c1-10(17-20(19)13(2,3)4)11-6-5-7-12(8-11)14(15,16)9-18/h5-8,18H,9H2,1-4H3. The van der Waals surface area contributed by atoms with Gasteiger partial charge in [0.1, 0.15) is 22.7 Å². The Morgan fingerprint density at radius 2 is 1.95 bits per heavy atom. The highest BCUT2D eigenvalue weighted by atomic mass is 32.2. The number of benzene rings is 1. The van der Waals surface area contributed by atoms with E-state index in [1.807, 2.05) is 0 Å². The number of nitrogens with zero attached hydrogens (tertiary/aromatic N) is 1. The van der Waals surface area contributed by atoms with Crippen molar-refractivity contribution in [2.45, 2.75) is 38.4 Å². The minimum Gasteiger partial charge on any atom is -0.591 e. The summed E-state index contributed by atoms with van der Waals surface area (Å²) in [6.07, 6.45) is 0. The van der Waals surface area contributed by atoms with Gasteiger partial charge in [-0.1, -0.05) is 22.6 Å². The summed E-state index contributed by atoms with van der Waals surface area (Å²) in [6, 6.07) is 5.59. The van der Waals surface area contributed by atoms with E-state index in [-0.39, 0.29) is 5.56 Å². The van der Waals surface area contributed by atoms with Crippen LogP contribution in [-0.2, 0) is 17.3 Å². The molecule has 1 unspecified atom stereocenters. The zero-order chi connectivity index (χ0) is 15.6. The molecule has 0 amide bonds. The van der Waals surface area contributed by atoms with E-state index in [9.17, 15) is 13.3 Å². The van der Waals surface area contributed by atoms with Crippen LogP contribution in [0.2, 0.25) is 0 Å². The number of hydrogen-bond acceptors (Lipinski definition) is 3. The van der Waals surface area contributed by atoms with Gasteiger partial charge in [-0.25, -0.2) is 0 Å². The predicted molar refractivity (Wildman–Crippen MR) is 77.5 cm³/mol. The molecule has 0 aliphatic rings. The van der Waals surface area contributed by atoms with Crippen molar-refractivity contribution in [1.82, 2.24) is 0 Å². The van der Waals surface area contributed by atoms with E-state index in [0.29, 0.717) is 11.3 Å². The Morgan fingerprint density at radius 3 is 2.45 bits per heavy atom. The Bertz CT molecular complexity index is 498. The Kier molecular flexibility index (Phi) is 5.29. The van der Waals surface area contributed by atoms with Crippen LogP contribution in [0.25, 0.3) is 0 Å². The Balaban J connectivity index is 3.09. The van der Waals surface area contributed by atoms with E-state index in [1.54, 1.807) is 33.8 Å². The predicted octanol–water partition coefficient (Wildman–Crippen LogP) is 3.04. The summed E-state index contributed by atoms with van der Waals surface area (Å²) >= 11 is -1.45. The van der Waals surface area contributed by atoms with Crippen LogP contribution in [-0.4, -0.2) is 26.7 Å². The highest BCUT2D eigenvalue weighted by Gasteiger charge is 2.31. The van der Waals surface area contributed by atoms with Crippen molar-refractivity contribution < 1.29 is 18.4 Å². The molecule has 0 radical (unpaired) electrons. The molecule has 6 heteroatoms. The van der Waals surface area contributed by atoms with Crippen molar-refractivity contribution in [3.05, 3.63) is 35.4 Å². The van der Waals surface area contributed by atoms with Gasteiger partial charge < -0.3 is 9.66 Å². The maximum atomic E-state index is 13.4. The van der Waals surface area contributed by atoms with Gasteiger partial charge in [-0.3, -0.25) is 0 Å². The molecule has 1 aromatic carbocycles. The molecule has 0 aliphatic carbocycles. The van der Waals surface area contributed by atoms with Crippen LogP contribution in [0.3, 0.4) is 0 Å². The fraction of sp³-hybridized carbons (Fsp3) is 0.500. The smallest absolute Gasteiger partial charge is 0.295 e. The highest BCUT2D eigenvalue weighted by Crippen LogP contribution is 2.28. The van der Waals surface area contributed by atoms with E-state index in [0.717, 1.165) is 0 Å². The van der Waals surface area contributed by atoms with Gasteiger partial charge in [-0.2, -0.15) is 8.78 Å². The van der Waals surface area contributed by atoms with E-state index >= 15 is 0 Å². The van der Waals surface area contributed by atoms with Crippen LogP contribution in [0, 0.1) is 0 Å². The maximum Gasteiger partial charge on any atom is 0.295 e. The molecule has 0 saturated carbocycles. The number of halogens is 2. The van der Waals surface area contributed by atoms with Gasteiger partial charge in [0, 0.05) is 11.1 Å². The normalized spacial score (nSPS) is 15.3. The monoisotopic (exact) mass is 303 g/mol. The maximum absolute atomic E-state index is 13.4. The third kappa shape index (κ3) is 4.26. The molecule has 3 nitrogen and oxygen atoms in total. The number of rotatable bonds is 4. The first-order chi connectivity index (χ1) is 9.08. The third-order valence-corrected chi connectivity index (χ3v) is 4.13. The Morgan fingerprint density at radius 1 is 1.35 bits per heavy atom. The third-order valence-electron chi connectivity index (χ3n) is 2.64. The summed E-state index contributed by atoms with van der Waals surface area (Å²) in [5.74, 6) is -3.29. The largest absolute Gasteiger partial charge is 0.591 e. The Labute approximate surface area is 121 Å². The van der Waals surface area contributed by atoms with E-state index in [2.05, 4.69) is 4.40 Å². The van der Waals surface area contributed by atoms with Crippen molar-refractivity contribution in [3.63, 3.8) is 0 Å². The molecule has 1 rings (SSSR count). The van der Waals surface area contributed by atoms with Gasteiger partial charge in [-0.15, -0.1) is 0 Å². The second-order valence-corrected chi connectivity index (χ2v) is 7.39. The van der Waals surface area contributed by atoms with Crippen LogP contribution < -0.4 is 0 Å². The summed E-state index contributed by atoms with van der Waals surface area (Å²) in [7, 11) is 0. The fourth-order valence-corrected chi connectivity index (χ4v) is 2.01. The molecule has 112 valence electrons. The minimum atomic E-state index is -3.29. The number of aliphatic hydroxyl groups excluding tert-OH is 1. The van der Waals surface area contributed by atoms with Gasteiger partial charge in [0.15, 0.2) is 0 Å². The van der Waals surface area contributed by atoms with Crippen molar-refractivity contribution >= 4 is 17.1 Å². The lowest BCUT2D eigenvalue weighted by atomic mass is 10.0. The number of alkyl halides is 2. The summed E-state index contributed by atoms with van der Waals surface area (Å²) in [5, 5.41) is 8.70. The summed E-state index contributed by atoms with van der Waals surface area (Å²) < 4.78 is 42.3. The van der Waals surface area contributed by atoms with Crippen molar-refractivity contribution in [3.8, 4) is 0 Å². The van der Waals surface area contributed by atoms with Crippen LogP contribution in [0.5, 0.6) is 0 Å². The number of hydrogen-bond donors (Lipinski definition) is 1. The summed E-state index contributed by atoms with van der Waals surface area (Å²) in [4.78, 5) is 0. The molecule has 0 spiro atoms. The zero-order valence-corrected chi connectivity index (χ0v) is 12.8. The van der Waals surface area contributed by atoms with Gasteiger partial charge in [0.2, 0.25) is 0 Å². The highest BCUT2D eigenvalue weighted by molar-refractivity contribution is 7.91. The minimum absolute atomic E-state index is 0.284. The zero-order valence-electron chi connectivity index (χ0n) is 12.0. The summed E-state index contributed by atoms with van der Waals surface area (Å²) in [5.41, 5.74) is 0.607. The molecule has 1 N–H and O–H groups in total. The van der Waals surface area contributed by atoms with Crippen LogP contribution >= 0.6 is 0 Å². The Hall–Kier alpha value is -0.980. The van der Waals surface area contributed by atoms with Gasteiger partial charge in [-0.05, 0) is 33.8 Å². The fourth-order valence-electron chi connectivity index (χ4n) is 1.38. The topological polar surface area (TPSA) is 55.7 Å². The molecule has 0 saturated heterocycles. The van der Waals surface area contributed by atoms with Crippen molar-refractivity contribution in [2.24, 2.45) is 4.40 Å². The molecule has 0 aromatic heterocycles. The van der Waals surface area contributed by atoms with Crippen molar-refractivity contribution in [2.75, 3.05) is 6.61 Å². The molecule has 1 aromatic rings. The van der Waals surface area contributed by atoms with E-state index in [4.69, 9.17) is 5.11 Å². The molecular weight excluding hydrogens is 284 g/mol. The molecule has 0 heterocycles. The average molecular weight is 303 g/mol. The molecule has 0 fully saturated rings. The summed E-state index contributed by atoms with van der Waals surface area (Å²) in [6.45, 7) is 5.74. The van der Waals surface area contributed by atoms with Crippen molar-refractivity contribution in [1.29, 1.82) is 0 Å². The first-order valence-electron chi connectivity index (χ1n) is 6.15. The van der Waals surface area contributed by atoms with Gasteiger partial charge in [0.05, 0.1) is 5.71 Å².